The highest BCUT2D eigenvalue weighted by molar-refractivity contribution is 8.00. The van der Waals surface area contributed by atoms with Gasteiger partial charge in [0.1, 0.15) is 0 Å². The molecule has 1 rings (SSSR count). The molecule has 1 aromatic rings. The Morgan fingerprint density at radius 3 is 2.60 bits per heavy atom. The van der Waals surface area contributed by atoms with Crippen LogP contribution in [0.3, 0.4) is 0 Å². The third kappa shape index (κ3) is 5.46. The Kier molecular flexibility index (Phi) is 6.41. The lowest BCUT2D eigenvalue weighted by atomic mass is 10.4. The van der Waals surface area contributed by atoms with Crippen LogP contribution < -0.4 is 5.32 Å². The number of carbonyl (C=O) groups is 1. The van der Waals surface area contributed by atoms with Crippen LogP contribution in [0.1, 0.15) is 26.7 Å². The summed E-state index contributed by atoms with van der Waals surface area (Å²) in [6.07, 6.45) is 3.23. The molecule has 0 aliphatic carbocycles. The Bertz CT molecular complexity index is 544. The molecule has 1 atom stereocenters. The maximum Gasteiger partial charge on any atom is 0.238 e. The van der Waals surface area contributed by atoms with Gasteiger partial charge in [-0.25, -0.2) is 8.42 Å². The topological polar surface area (TPSA) is 89.0 Å². The number of unbranched alkanes of at least 4 members (excludes halogenated alkanes) is 1. The van der Waals surface area contributed by atoms with Gasteiger partial charge in [0.25, 0.3) is 0 Å². The van der Waals surface area contributed by atoms with Crippen molar-refractivity contribution in [3.63, 3.8) is 0 Å². The zero-order valence-corrected chi connectivity index (χ0v) is 13.4. The second kappa shape index (κ2) is 7.58. The van der Waals surface area contributed by atoms with Crippen molar-refractivity contribution in [2.24, 2.45) is 0 Å². The summed E-state index contributed by atoms with van der Waals surface area (Å²) < 4.78 is 22.5. The van der Waals surface area contributed by atoms with E-state index in [1.54, 1.807) is 11.8 Å². The molecular weight excluding hydrogens is 298 g/mol. The Hall–Kier alpha value is -1.15. The fraction of sp³-hybridized carbons (Fsp3) is 0.583. The van der Waals surface area contributed by atoms with Crippen molar-refractivity contribution in [2.75, 3.05) is 17.3 Å². The standard InChI is InChI=1S/C12H19N3O3S2/c1-4-5-8-19-9(2)12(16)13-10-6-7-11(15-14-10)20(3,17)18/h6-7,9H,4-5,8H2,1-3H3,(H,13,14,16). The van der Waals surface area contributed by atoms with Crippen LogP contribution in [0.4, 0.5) is 5.82 Å². The van der Waals surface area contributed by atoms with Crippen molar-refractivity contribution < 1.29 is 13.2 Å². The molecule has 1 unspecified atom stereocenters. The normalized spacial score (nSPS) is 12.9. The van der Waals surface area contributed by atoms with Crippen molar-refractivity contribution in [1.82, 2.24) is 10.2 Å². The number of nitrogens with one attached hydrogen (secondary N) is 1. The van der Waals surface area contributed by atoms with Crippen LogP contribution in [0.25, 0.3) is 0 Å². The summed E-state index contributed by atoms with van der Waals surface area (Å²) in [5.41, 5.74) is 0. The van der Waals surface area contributed by atoms with Crippen LogP contribution in [0, 0.1) is 0 Å². The second-order valence-electron chi connectivity index (χ2n) is 4.38. The maximum absolute atomic E-state index is 11.9. The predicted molar refractivity (Wildman–Crippen MR) is 80.6 cm³/mol. The highest BCUT2D eigenvalue weighted by Crippen LogP contribution is 2.15. The van der Waals surface area contributed by atoms with Crippen LogP contribution in [-0.4, -0.2) is 41.8 Å². The zero-order chi connectivity index (χ0) is 15.2. The summed E-state index contributed by atoms with van der Waals surface area (Å²) in [5, 5.41) is 9.60. The lowest BCUT2D eigenvalue weighted by Gasteiger charge is -2.10. The third-order valence-corrected chi connectivity index (χ3v) is 4.72. The largest absolute Gasteiger partial charge is 0.308 e. The van der Waals surface area contributed by atoms with E-state index in [2.05, 4.69) is 22.4 Å². The molecule has 112 valence electrons. The maximum atomic E-state index is 11.9. The van der Waals surface area contributed by atoms with Crippen LogP contribution in [-0.2, 0) is 14.6 Å². The van der Waals surface area contributed by atoms with E-state index in [4.69, 9.17) is 0 Å². The lowest BCUT2D eigenvalue weighted by Crippen LogP contribution is -2.23. The van der Waals surface area contributed by atoms with Crippen LogP contribution in [0.2, 0.25) is 0 Å². The zero-order valence-electron chi connectivity index (χ0n) is 11.8. The van der Waals surface area contributed by atoms with E-state index in [-0.39, 0.29) is 22.0 Å². The molecule has 1 amide bonds. The van der Waals surface area contributed by atoms with E-state index in [0.29, 0.717) is 0 Å². The Balaban J connectivity index is 2.58. The van der Waals surface area contributed by atoms with E-state index < -0.39 is 9.84 Å². The molecule has 0 spiro atoms. The number of thioether (sulfide) groups is 1. The second-order valence-corrected chi connectivity index (χ2v) is 7.80. The number of rotatable bonds is 7. The molecule has 1 heterocycles. The number of hydrogen-bond donors (Lipinski definition) is 1. The lowest BCUT2D eigenvalue weighted by molar-refractivity contribution is -0.115. The van der Waals surface area contributed by atoms with Gasteiger partial charge in [-0.2, -0.15) is 0 Å². The van der Waals surface area contributed by atoms with Gasteiger partial charge in [-0.05, 0) is 31.2 Å². The minimum absolute atomic E-state index is 0.110. The average molecular weight is 317 g/mol. The number of carbonyl (C=O) groups excluding carboxylic acids is 1. The molecular formula is C12H19N3O3S2. The number of hydrogen-bond acceptors (Lipinski definition) is 6. The van der Waals surface area contributed by atoms with E-state index >= 15 is 0 Å². The first kappa shape index (κ1) is 16.9. The molecule has 6 nitrogen and oxygen atoms in total. The van der Waals surface area contributed by atoms with Gasteiger partial charge in [-0.3, -0.25) is 4.79 Å². The quantitative estimate of drug-likeness (QED) is 0.771. The van der Waals surface area contributed by atoms with Crippen LogP contribution in [0.5, 0.6) is 0 Å². The van der Waals surface area contributed by atoms with Crippen molar-refractivity contribution in [2.45, 2.75) is 37.0 Å². The fourth-order valence-electron chi connectivity index (χ4n) is 1.29. The first-order valence-corrected chi connectivity index (χ1v) is 9.25. The Morgan fingerprint density at radius 2 is 2.10 bits per heavy atom. The summed E-state index contributed by atoms with van der Waals surface area (Å²) in [6, 6.07) is 2.76. The van der Waals surface area contributed by atoms with Crippen LogP contribution >= 0.6 is 11.8 Å². The molecule has 0 aromatic carbocycles. The first-order chi connectivity index (χ1) is 9.34. The summed E-state index contributed by atoms with van der Waals surface area (Å²) in [4.78, 5) is 11.9. The summed E-state index contributed by atoms with van der Waals surface area (Å²) >= 11 is 1.58. The van der Waals surface area contributed by atoms with Crippen molar-refractivity contribution >= 4 is 33.3 Å². The van der Waals surface area contributed by atoms with Crippen molar-refractivity contribution in [1.29, 1.82) is 0 Å². The van der Waals surface area contributed by atoms with Gasteiger partial charge in [-0.1, -0.05) is 13.3 Å². The van der Waals surface area contributed by atoms with Gasteiger partial charge in [0.05, 0.1) is 5.25 Å². The molecule has 0 aliphatic heterocycles. The predicted octanol–water partition coefficient (Wildman–Crippen LogP) is 1.74. The van der Waals surface area contributed by atoms with Crippen molar-refractivity contribution in [3.05, 3.63) is 12.1 Å². The molecule has 0 saturated carbocycles. The molecule has 0 bridgehead atoms. The van der Waals surface area contributed by atoms with E-state index in [1.807, 2.05) is 6.92 Å². The van der Waals surface area contributed by atoms with Crippen molar-refractivity contribution in [3.8, 4) is 0 Å². The smallest absolute Gasteiger partial charge is 0.238 e. The molecule has 1 N–H and O–H groups in total. The summed E-state index contributed by atoms with van der Waals surface area (Å²) in [6.45, 7) is 3.93. The highest BCUT2D eigenvalue weighted by Gasteiger charge is 2.15. The molecule has 8 heteroatoms. The fourth-order valence-corrected chi connectivity index (χ4v) is 2.82. The number of amides is 1. The molecule has 0 radical (unpaired) electrons. The van der Waals surface area contributed by atoms with Gasteiger partial charge >= 0.3 is 0 Å². The highest BCUT2D eigenvalue weighted by atomic mass is 32.2. The van der Waals surface area contributed by atoms with E-state index in [1.165, 1.54) is 12.1 Å². The number of anilines is 1. The number of nitrogens with zero attached hydrogens (tertiary/aromatic N) is 2. The average Bonchev–Trinajstić information content (AvgIpc) is 2.38. The van der Waals surface area contributed by atoms with Crippen LogP contribution in [0.15, 0.2) is 17.2 Å². The molecule has 0 fully saturated rings. The SMILES string of the molecule is CCCCSC(C)C(=O)Nc1ccc(S(C)(=O)=O)nn1. The third-order valence-electron chi connectivity index (χ3n) is 2.51. The number of aromatic nitrogens is 2. The molecule has 0 saturated heterocycles. The van der Waals surface area contributed by atoms with Gasteiger partial charge in [0.2, 0.25) is 5.91 Å². The Labute approximate surface area is 123 Å². The summed E-state index contributed by atoms with van der Waals surface area (Å²) in [7, 11) is -3.37. The van der Waals surface area contributed by atoms with E-state index in [9.17, 15) is 13.2 Å². The molecule has 0 aliphatic rings. The van der Waals surface area contributed by atoms with Gasteiger partial charge in [-0.15, -0.1) is 22.0 Å². The number of sulfone groups is 1. The van der Waals surface area contributed by atoms with E-state index in [0.717, 1.165) is 24.9 Å². The molecule has 20 heavy (non-hydrogen) atoms. The minimum Gasteiger partial charge on any atom is -0.308 e. The first-order valence-electron chi connectivity index (χ1n) is 6.31. The van der Waals surface area contributed by atoms with Gasteiger partial charge < -0.3 is 5.32 Å². The van der Waals surface area contributed by atoms with Gasteiger partial charge in [0, 0.05) is 6.26 Å². The monoisotopic (exact) mass is 317 g/mol. The van der Waals surface area contributed by atoms with Gasteiger partial charge in [0.15, 0.2) is 20.7 Å². The molecule has 1 aromatic heterocycles. The minimum atomic E-state index is -3.37. The Morgan fingerprint density at radius 1 is 1.40 bits per heavy atom. The summed E-state index contributed by atoms with van der Waals surface area (Å²) in [5.74, 6) is 1.03.